The number of amides is 2. The summed E-state index contributed by atoms with van der Waals surface area (Å²) < 4.78 is 28.8. The summed E-state index contributed by atoms with van der Waals surface area (Å²) in [6, 6.07) is 0.340. The largest absolute Gasteiger partial charge is 0.378 e. The number of nitrogens with zero attached hydrogens (tertiary/aromatic N) is 2. The predicted molar refractivity (Wildman–Crippen MR) is 136 cm³/mol. The number of aromatic nitrogens is 1. The number of ether oxygens (including phenoxy) is 1. The third-order valence-corrected chi connectivity index (χ3v) is 9.12. The van der Waals surface area contributed by atoms with Crippen molar-refractivity contribution in [2.45, 2.75) is 93.5 Å². The molecule has 1 aromatic heterocycles. The monoisotopic (exact) mass is 532 g/mol. The highest BCUT2D eigenvalue weighted by Gasteiger charge is 2.34. The molecule has 3 rings (SSSR count). The molecule has 1 aromatic rings. The van der Waals surface area contributed by atoms with Crippen LogP contribution in [0, 0.1) is 0 Å². The molecule has 0 unspecified atom stereocenters. The van der Waals surface area contributed by atoms with Gasteiger partial charge < -0.3 is 9.64 Å². The predicted octanol–water partition coefficient (Wildman–Crippen LogP) is 4.00. The lowest BCUT2D eigenvalue weighted by molar-refractivity contribution is -0.114. The van der Waals surface area contributed by atoms with E-state index in [0.29, 0.717) is 11.2 Å². The fourth-order valence-corrected chi connectivity index (χ4v) is 7.12. The number of hydrogen-bond donors (Lipinski definition) is 2. The second-order valence-corrected chi connectivity index (χ2v) is 13.0. The van der Waals surface area contributed by atoms with Gasteiger partial charge in [-0.1, -0.05) is 37.5 Å². The van der Waals surface area contributed by atoms with Crippen LogP contribution in [0.2, 0.25) is 0 Å². The van der Waals surface area contributed by atoms with E-state index < -0.39 is 21.6 Å². The number of carbonyl (C=O) groups is 2. The van der Waals surface area contributed by atoms with Crippen molar-refractivity contribution in [2.75, 3.05) is 23.4 Å². The number of sulfonamides is 1. The van der Waals surface area contributed by atoms with Crippen LogP contribution in [0.25, 0.3) is 0 Å². The molecule has 2 aliphatic rings. The van der Waals surface area contributed by atoms with Crippen LogP contribution in [0.3, 0.4) is 0 Å². The number of nitrogens with one attached hydrogen (secondary N) is 1. The number of thiazole rings is 1. The Morgan fingerprint density at radius 2 is 1.85 bits per heavy atom. The molecular formula is C22H36N4O5S3. The van der Waals surface area contributed by atoms with Crippen LogP contribution in [0.1, 0.15) is 71.1 Å². The Hall–Kier alpha value is -1.21. The molecule has 0 spiro atoms. The first-order valence-corrected chi connectivity index (χ1v) is 15.6. The minimum Gasteiger partial charge on any atom is -0.378 e. The zero-order valence-electron chi connectivity index (χ0n) is 19.7. The van der Waals surface area contributed by atoms with Crippen molar-refractivity contribution in [3.63, 3.8) is 0 Å². The van der Waals surface area contributed by atoms with E-state index in [1.807, 2.05) is 0 Å². The van der Waals surface area contributed by atoms with Gasteiger partial charge in [0.25, 0.3) is 0 Å². The van der Waals surface area contributed by atoms with Crippen LogP contribution in [0.15, 0.2) is 10.4 Å². The van der Waals surface area contributed by atoms with Gasteiger partial charge in [0, 0.05) is 18.7 Å². The number of thioether (sulfide) groups is 1. The highest BCUT2D eigenvalue weighted by atomic mass is 32.2. The Bertz CT molecular complexity index is 909. The summed E-state index contributed by atoms with van der Waals surface area (Å²) in [4.78, 5) is 31.5. The van der Waals surface area contributed by atoms with Crippen molar-refractivity contribution in [2.24, 2.45) is 5.14 Å². The molecule has 2 fully saturated rings. The molecule has 192 valence electrons. The first-order chi connectivity index (χ1) is 16.2. The molecule has 12 heteroatoms. The van der Waals surface area contributed by atoms with Gasteiger partial charge in [0.15, 0.2) is 10.9 Å². The molecule has 9 nitrogen and oxygen atoms in total. The number of anilines is 1. The average molecular weight is 533 g/mol. The quantitative estimate of drug-likeness (QED) is 0.412. The third-order valence-electron chi connectivity index (χ3n) is 6.23. The molecule has 2 saturated carbocycles. The van der Waals surface area contributed by atoms with Gasteiger partial charge in [0.05, 0.1) is 22.3 Å². The maximum absolute atomic E-state index is 13.4. The SMILES string of the molecule is CCCO[C@H]1CC[C@H](N(C(=O)Nc2ncc(SCC(=O)CS(N)(=O)=O)s2)C2CCCCC2)CC1. The molecule has 0 aliphatic heterocycles. The van der Waals surface area contributed by atoms with Crippen LogP contribution in [-0.2, 0) is 19.6 Å². The molecule has 0 atom stereocenters. The number of nitrogens with two attached hydrogens (primary N) is 1. The summed E-state index contributed by atoms with van der Waals surface area (Å²) in [5, 5.41) is 8.37. The van der Waals surface area contributed by atoms with Gasteiger partial charge in [0.1, 0.15) is 5.75 Å². The molecule has 2 amide bonds. The molecule has 1 heterocycles. The van der Waals surface area contributed by atoms with Crippen LogP contribution in [0.5, 0.6) is 0 Å². The van der Waals surface area contributed by atoms with Crippen LogP contribution < -0.4 is 10.5 Å². The first-order valence-electron chi connectivity index (χ1n) is 12.1. The maximum atomic E-state index is 13.4. The number of Topliss-reactive ketones (excluding diaryl/α,β-unsaturated/α-hetero) is 1. The van der Waals surface area contributed by atoms with Crippen molar-refractivity contribution < 1.29 is 22.7 Å². The second-order valence-electron chi connectivity index (χ2n) is 9.05. The van der Waals surface area contributed by atoms with E-state index in [9.17, 15) is 18.0 Å². The Balaban J connectivity index is 1.58. The smallest absolute Gasteiger partial charge is 0.324 e. The van der Waals surface area contributed by atoms with Gasteiger partial charge in [0.2, 0.25) is 10.0 Å². The first kappa shape index (κ1) is 27.4. The minimum absolute atomic E-state index is 0.0104. The standard InChI is InChI=1S/C22H36N4O5S3/c1-2-12-31-19-10-8-17(9-11-19)26(16-6-4-3-5-7-16)22(28)25-21-24-13-20(33-21)32-14-18(27)15-34(23,29)30/h13,16-17,19H,2-12,14-15H2,1H3,(H2,23,29,30)(H,24,25,28)/t17-,19-. The van der Waals surface area contributed by atoms with Gasteiger partial charge in [-0.25, -0.2) is 23.3 Å². The molecule has 0 radical (unpaired) electrons. The van der Waals surface area contributed by atoms with Crippen LogP contribution in [-0.4, -0.2) is 66.4 Å². The van der Waals surface area contributed by atoms with Crippen LogP contribution in [0.4, 0.5) is 9.93 Å². The molecule has 0 aromatic carbocycles. The highest BCUT2D eigenvalue weighted by Crippen LogP contribution is 2.33. The maximum Gasteiger partial charge on any atom is 0.324 e. The van der Waals surface area contributed by atoms with E-state index in [4.69, 9.17) is 9.88 Å². The topological polar surface area (TPSA) is 132 Å². The van der Waals surface area contributed by atoms with Crippen molar-refractivity contribution in [1.29, 1.82) is 0 Å². The van der Waals surface area contributed by atoms with E-state index in [2.05, 4.69) is 22.1 Å². The minimum atomic E-state index is -3.82. The lowest BCUT2D eigenvalue weighted by Crippen LogP contribution is -2.51. The van der Waals surface area contributed by atoms with Crippen molar-refractivity contribution in [1.82, 2.24) is 9.88 Å². The second kappa shape index (κ2) is 13.2. The molecule has 34 heavy (non-hydrogen) atoms. The van der Waals surface area contributed by atoms with Crippen LogP contribution >= 0.6 is 23.1 Å². The van der Waals surface area contributed by atoms with Gasteiger partial charge in [-0.3, -0.25) is 10.1 Å². The summed E-state index contributed by atoms with van der Waals surface area (Å²) >= 11 is 2.48. The zero-order valence-corrected chi connectivity index (χ0v) is 22.2. The Morgan fingerprint density at radius 3 is 2.50 bits per heavy atom. The summed E-state index contributed by atoms with van der Waals surface area (Å²) in [7, 11) is -3.82. The molecule has 0 bridgehead atoms. The van der Waals surface area contributed by atoms with E-state index in [1.165, 1.54) is 29.5 Å². The Labute approximate surface area is 210 Å². The lowest BCUT2D eigenvalue weighted by Gasteiger charge is -2.42. The molecule has 3 N–H and O–H groups in total. The highest BCUT2D eigenvalue weighted by molar-refractivity contribution is 8.02. The molecule has 0 saturated heterocycles. The average Bonchev–Trinajstić information content (AvgIpc) is 3.24. The summed E-state index contributed by atoms with van der Waals surface area (Å²) in [6.45, 7) is 2.91. The van der Waals surface area contributed by atoms with Crippen molar-refractivity contribution in [3.05, 3.63) is 6.20 Å². The van der Waals surface area contributed by atoms with Gasteiger partial charge >= 0.3 is 6.03 Å². The summed E-state index contributed by atoms with van der Waals surface area (Å²) in [5.41, 5.74) is 0. The molecule has 2 aliphatic carbocycles. The summed E-state index contributed by atoms with van der Waals surface area (Å²) in [6.07, 6.45) is 12.3. The Kier molecular flexibility index (Phi) is 10.6. The van der Waals surface area contributed by atoms with E-state index in [1.54, 1.807) is 6.20 Å². The van der Waals surface area contributed by atoms with E-state index in [0.717, 1.165) is 68.6 Å². The van der Waals surface area contributed by atoms with E-state index in [-0.39, 0.29) is 23.9 Å². The number of ketones is 1. The fourth-order valence-electron chi connectivity index (χ4n) is 4.72. The lowest BCUT2D eigenvalue weighted by atomic mass is 9.88. The molecular weight excluding hydrogens is 496 g/mol. The number of carbonyl (C=O) groups excluding carboxylic acids is 2. The summed E-state index contributed by atoms with van der Waals surface area (Å²) in [5.74, 6) is -1.15. The van der Waals surface area contributed by atoms with Gasteiger partial charge in [-0.15, -0.1) is 11.8 Å². The normalized spacial score (nSPS) is 21.8. The van der Waals surface area contributed by atoms with Gasteiger partial charge in [-0.05, 0) is 44.9 Å². The van der Waals surface area contributed by atoms with Crippen molar-refractivity contribution >= 4 is 50.1 Å². The number of hydrogen-bond acceptors (Lipinski definition) is 8. The number of urea groups is 1. The van der Waals surface area contributed by atoms with Crippen molar-refractivity contribution in [3.8, 4) is 0 Å². The fraction of sp³-hybridized carbons (Fsp3) is 0.773. The third kappa shape index (κ3) is 8.78. The van der Waals surface area contributed by atoms with E-state index >= 15 is 0 Å². The Morgan fingerprint density at radius 1 is 1.18 bits per heavy atom. The van der Waals surface area contributed by atoms with Gasteiger partial charge in [-0.2, -0.15) is 0 Å². The zero-order chi connectivity index (χ0) is 24.6. The number of rotatable bonds is 11. The number of primary sulfonamides is 1.